The summed E-state index contributed by atoms with van der Waals surface area (Å²) in [5, 5.41) is 0. The molecule has 0 saturated carbocycles. The number of carbonyl (C=O) groups excluding carboxylic acids is 4. The highest BCUT2D eigenvalue weighted by Gasteiger charge is 2.11. The van der Waals surface area contributed by atoms with Crippen molar-refractivity contribution < 1.29 is 42.9 Å². The van der Waals surface area contributed by atoms with Gasteiger partial charge in [-0.25, -0.2) is 9.59 Å². The quantitative estimate of drug-likeness (QED) is 0.0451. The zero-order valence-electron chi connectivity index (χ0n) is 29.0. The Morgan fingerprint density at radius 1 is 0.422 bits per heavy atom. The highest BCUT2D eigenvalue weighted by Crippen LogP contribution is 2.12. The molecular formula is C34H64N2O9. The zero-order valence-corrected chi connectivity index (χ0v) is 29.0. The van der Waals surface area contributed by atoms with Gasteiger partial charge in [0.05, 0.1) is 26.4 Å². The SMILES string of the molecule is CCOC(=O)CCCCCCCCCCN(C)C(=O)OCCOCCOC(=O)N(C)CCCCCCCCCCC(=O)OCC. The molecule has 0 N–H and O–H groups in total. The highest BCUT2D eigenvalue weighted by molar-refractivity contribution is 5.69. The molecule has 2 amide bonds. The number of amides is 2. The Kier molecular flexibility index (Phi) is 29.6. The second-order valence-electron chi connectivity index (χ2n) is 11.5. The largest absolute Gasteiger partial charge is 0.466 e. The maximum Gasteiger partial charge on any atom is 0.409 e. The van der Waals surface area contributed by atoms with E-state index in [0.29, 0.717) is 39.1 Å². The fourth-order valence-corrected chi connectivity index (χ4v) is 4.71. The van der Waals surface area contributed by atoms with Crippen LogP contribution in [-0.4, -0.2) is 101 Å². The first-order valence-electron chi connectivity index (χ1n) is 17.5. The van der Waals surface area contributed by atoms with Crippen LogP contribution in [0, 0.1) is 0 Å². The van der Waals surface area contributed by atoms with Crippen LogP contribution >= 0.6 is 0 Å². The Bertz CT molecular complexity index is 691. The van der Waals surface area contributed by atoms with Crippen LogP contribution in [0.15, 0.2) is 0 Å². The minimum atomic E-state index is -0.362. The monoisotopic (exact) mass is 644 g/mol. The summed E-state index contributed by atoms with van der Waals surface area (Å²) in [7, 11) is 3.48. The lowest BCUT2D eigenvalue weighted by molar-refractivity contribution is -0.144. The molecule has 0 aromatic carbocycles. The smallest absolute Gasteiger partial charge is 0.409 e. The van der Waals surface area contributed by atoms with Crippen molar-refractivity contribution in [2.24, 2.45) is 0 Å². The van der Waals surface area contributed by atoms with Gasteiger partial charge in [-0.3, -0.25) is 9.59 Å². The Hall–Kier alpha value is -2.56. The molecule has 0 atom stereocenters. The fourth-order valence-electron chi connectivity index (χ4n) is 4.71. The van der Waals surface area contributed by atoms with E-state index in [1.165, 1.54) is 25.7 Å². The van der Waals surface area contributed by atoms with E-state index in [-0.39, 0.29) is 50.6 Å². The van der Waals surface area contributed by atoms with Gasteiger partial charge in [0.15, 0.2) is 0 Å². The van der Waals surface area contributed by atoms with E-state index in [1.54, 1.807) is 23.9 Å². The van der Waals surface area contributed by atoms with Crippen molar-refractivity contribution >= 4 is 24.1 Å². The summed E-state index contributed by atoms with van der Waals surface area (Å²) in [6, 6.07) is 0. The van der Waals surface area contributed by atoms with Crippen LogP contribution in [-0.2, 0) is 33.3 Å². The number of hydrogen-bond acceptors (Lipinski definition) is 9. The molecule has 0 aliphatic heterocycles. The van der Waals surface area contributed by atoms with E-state index in [4.69, 9.17) is 23.7 Å². The number of unbranched alkanes of at least 4 members (excludes halogenated alkanes) is 14. The third-order valence-electron chi connectivity index (χ3n) is 7.39. The van der Waals surface area contributed by atoms with Gasteiger partial charge in [0, 0.05) is 40.0 Å². The number of hydrogen-bond donors (Lipinski definition) is 0. The third-order valence-corrected chi connectivity index (χ3v) is 7.39. The van der Waals surface area contributed by atoms with Crippen molar-refractivity contribution in [1.29, 1.82) is 0 Å². The molecule has 11 nitrogen and oxygen atoms in total. The maximum atomic E-state index is 12.1. The van der Waals surface area contributed by atoms with Crippen molar-refractivity contribution in [3.63, 3.8) is 0 Å². The number of nitrogens with zero attached hydrogens (tertiary/aromatic N) is 2. The molecule has 0 aliphatic carbocycles. The summed E-state index contributed by atoms with van der Waals surface area (Å²) in [5.41, 5.74) is 0. The van der Waals surface area contributed by atoms with Gasteiger partial charge in [-0.05, 0) is 39.5 Å². The lowest BCUT2D eigenvalue weighted by atomic mass is 10.1. The first-order chi connectivity index (χ1) is 21.8. The molecule has 0 aromatic rings. The predicted molar refractivity (Wildman–Crippen MR) is 175 cm³/mol. The summed E-state index contributed by atoms with van der Waals surface area (Å²) in [6.07, 6.45) is 17.4. The average molecular weight is 645 g/mol. The molecule has 11 heteroatoms. The minimum Gasteiger partial charge on any atom is -0.466 e. The van der Waals surface area contributed by atoms with Crippen molar-refractivity contribution in [2.75, 3.05) is 66.8 Å². The van der Waals surface area contributed by atoms with Gasteiger partial charge in [-0.2, -0.15) is 0 Å². The summed E-state index contributed by atoms with van der Waals surface area (Å²) >= 11 is 0. The molecule has 0 heterocycles. The topological polar surface area (TPSA) is 121 Å². The van der Waals surface area contributed by atoms with Crippen LogP contribution in [0.3, 0.4) is 0 Å². The normalized spacial score (nSPS) is 10.8. The molecule has 0 fully saturated rings. The van der Waals surface area contributed by atoms with Crippen LogP contribution < -0.4 is 0 Å². The van der Waals surface area contributed by atoms with Crippen LogP contribution in [0.1, 0.15) is 129 Å². The summed E-state index contributed by atoms with van der Waals surface area (Å²) in [5.74, 6) is -0.200. The molecular weight excluding hydrogens is 580 g/mol. The van der Waals surface area contributed by atoms with E-state index in [0.717, 1.165) is 77.0 Å². The van der Waals surface area contributed by atoms with Crippen molar-refractivity contribution in [3.05, 3.63) is 0 Å². The third kappa shape index (κ3) is 28.6. The van der Waals surface area contributed by atoms with Crippen LogP contribution in [0.5, 0.6) is 0 Å². The second-order valence-corrected chi connectivity index (χ2v) is 11.5. The number of ether oxygens (including phenoxy) is 5. The Morgan fingerprint density at radius 3 is 1.07 bits per heavy atom. The van der Waals surface area contributed by atoms with Crippen molar-refractivity contribution in [2.45, 2.75) is 129 Å². The van der Waals surface area contributed by atoms with Crippen LogP contribution in [0.25, 0.3) is 0 Å². The molecule has 0 aliphatic rings. The number of carbonyl (C=O) groups is 4. The Morgan fingerprint density at radius 2 is 0.733 bits per heavy atom. The lowest BCUT2D eigenvalue weighted by Gasteiger charge is -2.17. The van der Waals surface area contributed by atoms with E-state index >= 15 is 0 Å². The molecule has 0 spiro atoms. The molecule has 0 rings (SSSR count). The average Bonchev–Trinajstić information content (AvgIpc) is 3.02. The fraction of sp³-hybridized carbons (Fsp3) is 0.882. The first-order valence-corrected chi connectivity index (χ1v) is 17.5. The van der Waals surface area contributed by atoms with Crippen LogP contribution in [0.4, 0.5) is 9.59 Å². The lowest BCUT2D eigenvalue weighted by Crippen LogP contribution is -2.30. The Balaban J connectivity index is 3.52. The van der Waals surface area contributed by atoms with Gasteiger partial charge in [0.2, 0.25) is 0 Å². The molecule has 0 saturated heterocycles. The Labute approximate surface area is 273 Å². The number of rotatable bonds is 30. The molecule has 0 aromatic heterocycles. The standard InChI is InChI=1S/C34H64N2O9/c1-5-42-31(37)23-19-15-11-7-9-13-17-21-25-35(3)33(39)44-29-27-41-28-30-45-34(40)36(4)26-22-18-14-10-8-12-16-20-24-32(38)43-6-2/h5-30H2,1-4H3. The van der Waals surface area contributed by atoms with Crippen LogP contribution in [0.2, 0.25) is 0 Å². The minimum absolute atomic E-state index is 0.100. The van der Waals surface area contributed by atoms with Gasteiger partial charge in [0.25, 0.3) is 0 Å². The maximum absolute atomic E-state index is 12.1. The van der Waals surface area contributed by atoms with E-state index in [1.807, 2.05) is 13.8 Å². The zero-order chi connectivity index (χ0) is 33.4. The van der Waals surface area contributed by atoms with E-state index in [2.05, 4.69) is 0 Å². The summed E-state index contributed by atoms with van der Waals surface area (Å²) < 4.78 is 25.8. The van der Waals surface area contributed by atoms with E-state index < -0.39 is 0 Å². The van der Waals surface area contributed by atoms with Gasteiger partial charge >= 0.3 is 24.1 Å². The van der Waals surface area contributed by atoms with Gasteiger partial charge in [-0.1, -0.05) is 77.0 Å². The van der Waals surface area contributed by atoms with Crippen molar-refractivity contribution in [3.8, 4) is 0 Å². The van der Waals surface area contributed by atoms with Gasteiger partial charge in [-0.15, -0.1) is 0 Å². The van der Waals surface area contributed by atoms with E-state index in [9.17, 15) is 19.2 Å². The predicted octanol–water partition coefficient (Wildman–Crippen LogP) is 7.29. The van der Waals surface area contributed by atoms with Gasteiger partial charge < -0.3 is 33.5 Å². The second kappa shape index (κ2) is 31.4. The van der Waals surface area contributed by atoms with Gasteiger partial charge in [0.1, 0.15) is 13.2 Å². The number of esters is 2. The molecule has 264 valence electrons. The summed E-state index contributed by atoms with van der Waals surface area (Å²) in [4.78, 5) is 50.0. The highest BCUT2D eigenvalue weighted by atomic mass is 16.6. The molecule has 0 bridgehead atoms. The van der Waals surface area contributed by atoms with Crippen molar-refractivity contribution in [1.82, 2.24) is 9.80 Å². The molecule has 0 unspecified atom stereocenters. The first kappa shape index (κ1) is 42.4. The molecule has 0 radical (unpaired) electrons. The summed E-state index contributed by atoms with van der Waals surface area (Å²) in [6.45, 7) is 6.67. The molecule has 45 heavy (non-hydrogen) atoms.